The number of benzene rings is 2. The summed E-state index contributed by atoms with van der Waals surface area (Å²) < 4.78 is 11.4. The van der Waals surface area contributed by atoms with Crippen molar-refractivity contribution in [3.05, 3.63) is 99.4 Å². The van der Waals surface area contributed by atoms with Gasteiger partial charge in [-0.05, 0) is 34.7 Å². The molecule has 1 saturated heterocycles. The lowest BCUT2D eigenvalue weighted by Crippen LogP contribution is -2.43. The third-order valence-corrected chi connectivity index (χ3v) is 7.34. The van der Waals surface area contributed by atoms with Crippen molar-refractivity contribution in [3.63, 3.8) is 0 Å². The lowest BCUT2D eigenvalue weighted by Gasteiger charge is -2.31. The summed E-state index contributed by atoms with van der Waals surface area (Å²) in [6.07, 6.45) is 0. The van der Waals surface area contributed by atoms with Crippen LogP contribution in [0.5, 0.6) is 5.75 Å². The fourth-order valence-corrected chi connectivity index (χ4v) is 5.27. The number of hydrogen-bond acceptors (Lipinski definition) is 7. The van der Waals surface area contributed by atoms with Gasteiger partial charge in [0, 0.05) is 26.2 Å². The van der Waals surface area contributed by atoms with E-state index in [2.05, 4.69) is 4.90 Å². The summed E-state index contributed by atoms with van der Waals surface area (Å²) in [5.74, 6) is -0.698. The van der Waals surface area contributed by atoms with Crippen LogP contribution in [0.1, 0.15) is 26.8 Å². The van der Waals surface area contributed by atoms with Crippen LogP contribution in [0.4, 0.5) is 0 Å². The Morgan fingerprint density at radius 1 is 1.03 bits per heavy atom. The van der Waals surface area contributed by atoms with Crippen LogP contribution >= 0.6 is 11.3 Å². The third kappa shape index (κ3) is 5.21. The molecule has 2 aromatic carbocycles. The highest BCUT2D eigenvalue weighted by Crippen LogP contribution is 2.40. The smallest absolute Gasteiger partial charge is 0.290 e. The van der Waals surface area contributed by atoms with Gasteiger partial charge in [-0.25, -0.2) is 0 Å². The van der Waals surface area contributed by atoms with E-state index >= 15 is 0 Å². The Kier molecular flexibility index (Phi) is 7.46. The number of hydrogen-bond donors (Lipinski definition) is 1. The van der Waals surface area contributed by atoms with Crippen LogP contribution in [0.25, 0.3) is 0 Å². The van der Waals surface area contributed by atoms with E-state index in [4.69, 9.17) is 9.47 Å². The number of ether oxygens (including phenoxy) is 2. The van der Waals surface area contributed by atoms with Crippen molar-refractivity contribution >= 4 is 23.0 Å². The van der Waals surface area contributed by atoms with Gasteiger partial charge in [0.05, 0.1) is 29.7 Å². The molecule has 8 heteroatoms. The maximum Gasteiger partial charge on any atom is 0.290 e. The van der Waals surface area contributed by atoms with Gasteiger partial charge < -0.3 is 19.5 Å². The second-order valence-corrected chi connectivity index (χ2v) is 9.72. The Labute approximate surface area is 214 Å². The SMILES string of the molecule is O=C(C1=C(O)C(=O)N(CCN2CCOCC2)C1c1cccc(OCc2ccccc2)c1)c1cccs1. The molecule has 186 valence electrons. The number of aliphatic hydroxyl groups is 1. The molecule has 2 aliphatic rings. The summed E-state index contributed by atoms with van der Waals surface area (Å²) >= 11 is 1.29. The normalized spacial score (nSPS) is 18.6. The number of nitrogens with zero attached hydrogens (tertiary/aromatic N) is 2. The van der Waals surface area contributed by atoms with Crippen LogP contribution in [0, 0.1) is 0 Å². The molecule has 1 atom stereocenters. The Bertz CT molecular complexity index is 1240. The van der Waals surface area contributed by atoms with Gasteiger partial charge in [0.25, 0.3) is 5.91 Å². The molecule has 0 radical (unpaired) electrons. The topological polar surface area (TPSA) is 79.3 Å². The molecule has 1 unspecified atom stereocenters. The molecule has 0 spiro atoms. The minimum atomic E-state index is -0.701. The molecule has 3 heterocycles. The summed E-state index contributed by atoms with van der Waals surface area (Å²) in [5, 5.41) is 12.7. The van der Waals surface area contributed by atoms with Crippen molar-refractivity contribution in [2.24, 2.45) is 0 Å². The first kappa shape index (κ1) is 24.2. The zero-order valence-corrected chi connectivity index (χ0v) is 20.7. The average Bonchev–Trinajstić information content (AvgIpc) is 3.55. The van der Waals surface area contributed by atoms with Crippen LogP contribution in [0.2, 0.25) is 0 Å². The highest BCUT2D eigenvalue weighted by atomic mass is 32.1. The van der Waals surface area contributed by atoms with Gasteiger partial charge in [-0.15, -0.1) is 11.3 Å². The molecule has 7 nitrogen and oxygen atoms in total. The van der Waals surface area contributed by atoms with Crippen molar-refractivity contribution in [3.8, 4) is 5.75 Å². The van der Waals surface area contributed by atoms with E-state index in [1.165, 1.54) is 11.3 Å². The molecule has 0 bridgehead atoms. The van der Waals surface area contributed by atoms with Crippen molar-refractivity contribution in [2.75, 3.05) is 39.4 Å². The summed E-state index contributed by atoms with van der Waals surface area (Å²) in [7, 11) is 0. The molecule has 1 fully saturated rings. The lowest BCUT2D eigenvalue weighted by molar-refractivity contribution is -0.129. The monoisotopic (exact) mass is 504 g/mol. The summed E-state index contributed by atoms with van der Waals surface area (Å²) in [6.45, 7) is 4.30. The largest absolute Gasteiger partial charge is 0.503 e. The van der Waals surface area contributed by atoms with Gasteiger partial charge in [0.1, 0.15) is 12.4 Å². The second kappa shape index (κ2) is 11.1. The number of ketones is 1. The Morgan fingerprint density at radius 3 is 2.58 bits per heavy atom. The Hall–Kier alpha value is -3.46. The fourth-order valence-electron chi connectivity index (χ4n) is 4.59. The predicted octanol–water partition coefficient (Wildman–Crippen LogP) is 4.24. The third-order valence-electron chi connectivity index (χ3n) is 6.48. The summed E-state index contributed by atoms with van der Waals surface area (Å²) in [4.78, 5) is 31.0. The molecule has 1 aromatic heterocycles. The molecular weight excluding hydrogens is 476 g/mol. The number of aliphatic hydroxyl groups excluding tert-OH is 1. The van der Waals surface area contributed by atoms with Gasteiger partial charge in [-0.1, -0.05) is 48.5 Å². The first-order valence-electron chi connectivity index (χ1n) is 12.0. The van der Waals surface area contributed by atoms with Gasteiger partial charge in [0.2, 0.25) is 5.78 Å². The van der Waals surface area contributed by atoms with Crippen LogP contribution in [0.3, 0.4) is 0 Å². The zero-order valence-electron chi connectivity index (χ0n) is 19.8. The minimum absolute atomic E-state index is 0.115. The fraction of sp³-hybridized carbons (Fsp3) is 0.286. The number of carbonyl (C=O) groups excluding carboxylic acids is 2. The first-order valence-corrected chi connectivity index (χ1v) is 12.9. The highest BCUT2D eigenvalue weighted by Gasteiger charge is 2.44. The van der Waals surface area contributed by atoms with E-state index in [0.717, 1.165) is 24.2 Å². The van der Waals surface area contributed by atoms with Crippen LogP contribution < -0.4 is 4.74 Å². The Morgan fingerprint density at radius 2 is 1.83 bits per heavy atom. The summed E-state index contributed by atoms with van der Waals surface area (Å²) in [5.41, 5.74) is 1.88. The van der Waals surface area contributed by atoms with Gasteiger partial charge in [0.15, 0.2) is 5.76 Å². The number of morpholine rings is 1. The van der Waals surface area contributed by atoms with Gasteiger partial charge in [-0.2, -0.15) is 0 Å². The molecule has 0 saturated carbocycles. The quantitative estimate of drug-likeness (QED) is 0.439. The predicted molar refractivity (Wildman–Crippen MR) is 137 cm³/mol. The van der Waals surface area contributed by atoms with Crippen molar-refractivity contribution < 1.29 is 24.2 Å². The van der Waals surface area contributed by atoms with Crippen LogP contribution in [-0.2, 0) is 16.1 Å². The standard InChI is InChI=1S/C28H28N2O5S/c31-26(23-10-5-17-36-23)24-25(30(28(33)27(24)32)12-11-29-13-15-34-16-14-29)21-8-4-9-22(18-21)35-19-20-6-2-1-3-7-20/h1-10,17-18,25,32H,11-16,19H2. The molecule has 1 N–H and O–H groups in total. The van der Waals surface area contributed by atoms with E-state index in [0.29, 0.717) is 43.5 Å². The number of thiophene rings is 1. The molecule has 3 aromatic rings. The van der Waals surface area contributed by atoms with E-state index in [9.17, 15) is 14.7 Å². The van der Waals surface area contributed by atoms with Crippen molar-refractivity contribution in [1.82, 2.24) is 9.80 Å². The van der Waals surface area contributed by atoms with Crippen molar-refractivity contribution in [2.45, 2.75) is 12.6 Å². The summed E-state index contributed by atoms with van der Waals surface area (Å²) in [6, 6.07) is 20.1. The maximum atomic E-state index is 13.5. The number of amides is 1. The molecule has 1 amide bonds. The van der Waals surface area contributed by atoms with E-state index in [1.807, 2.05) is 60.0 Å². The van der Waals surface area contributed by atoms with Gasteiger partial charge in [-0.3, -0.25) is 14.5 Å². The lowest BCUT2D eigenvalue weighted by atomic mass is 9.95. The van der Waals surface area contributed by atoms with Crippen LogP contribution in [-0.4, -0.2) is 66.0 Å². The van der Waals surface area contributed by atoms with E-state index in [1.54, 1.807) is 17.0 Å². The zero-order chi connectivity index (χ0) is 24.9. The number of Topliss-reactive ketones (excluding diaryl/α,β-unsaturated/α-hetero) is 1. The molecule has 5 rings (SSSR count). The maximum absolute atomic E-state index is 13.5. The first-order chi connectivity index (χ1) is 17.6. The number of rotatable bonds is 9. The van der Waals surface area contributed by atoms with Crippen LogP contribution in [0.15, 0.2) is 83.4 Å². The van der Waals surface area contributed by atoms with E-state index in [-0.39, 0.29) is 11.4 Å². The average molecular weight is 505 g/mol. The number of carbonyl (C=O) groups is 2. The molecule has 2 aliphatic heterocycles. The van der Waals surface area contributed by atoms with Gasteiger partial charge >= 0.3 is 0 Å². The molecular formula is C28H28N2O5S. The highest BCUT2D eigenvalue weighted by molar-refractivity contribution is 7.12. The minimum Gasteiger partial charge on any atom is -0.503 e. The molecule has 36 heavy (non-hydrogen) atoms. The van der Waals surface area contributed by atoms with Crippen molar-refractivity contribution in [1.29, 1.82) is 0 Å². The van der Waals surface area contributed by atoms with E-state index < -0.39 is 17.7 Å². The molecule has 0 aliphatic carbocycles. The second-order valence-electron chi connectivity index (χ2n) is 8.77. The Balaban J connectivity index is 1.43.